The van der Waals surface area contributed by atoms with Crippen molar-refractivity contribution in [2.75, 3.05) is 0 Å². The Kier molecular flexibility index (Phi) is 3.80. The van der Waals surface area contributed by atoms with Gasteiger partial charge in [-0.2, -0.15) is 0 Å². The van der Waals surface area contributed by atoms with Crippen molar-refractivity contribution in [3.8, 4) is 0 Å². The molecule has 0 aromatic heterocycles. The fourth-order valence-electron chi connectivity index (χ4n) is 1.77. The van der Waals surface area contributed by atoms with Gasteiger partial charge in [-0.1, -0.05) is 31.5 Å². The van der Waals surface area contributed by atoms with Crippen molar-refractivity contribution < 1.29 is 0 Å². The molecule has 0 radical (unpaired) electrons. The summed E-state index contributed by atoms with van der Waals surface area (Å²) in [4.78, 5) is 0. The van der Waals surface area contributed by atoms with Crippen molar-refractivity contribution in [1.29, 1.82) is 0 Å². The predicted octanol–water partition coefficient (Wildman–Crippen LogP) is 3.86. The van der Waals surface area contributed by atoms with Crippen molar-refractivity contribution >= 4 is 11.6 Å². The number of halogens is 1. The molecule has 1 rings (SSSR count). The van der Waals surface area contributed by atoms with E-state index in [1.165, 1.54) is 22.3 Å². The molecular formula is C12H17Cl. The van der Waals surface area contributed by atoms with Gasteiger partial charge in [0.25, 0.3) is 0 Å². The Hall–Kier alpha value is -0.490. The Bertz CT molecular complexity index is 264. The zero-order valence-electron chi connectivity index (χ0n) is 8.65. The molecule has 0 saturated carbocycles. The molecule has 1 aromatic rings. The first kappa shape index (κ1) is 10.6. The van der Waals surface area contributed by atoms with Gasteiger partial charge in [0, 0.05) is 5.88 Å². The molecule has 0 amide bonds. The third-order valence-electron chi connectivity index (χ3n) is 2.47. The van der Waals surface area contributed by atoms with Gasteiger partial charge in [0.1, 0.15) is 0 Å². The van der Waals surface area contributed by atoms with Gasteiger partial charge >= 0.3 is 0 Å². The number of rotatable bonds is 3. The molecule has 0 fully saturated rings. The minimum Gasteiger partial charge on any atom is -0.122 e. The third-order valence-corrected chi connectivity index (χ3v) is 2.74. The molecule has 0 N–H and O–H groups in total. The number of hydrogen-bond acceptors (Lipinski definition) is 0. The van der Waals surface area contributed by atoms with Crippen molar-refractivity contribution in [3.63, 3.8) is 0 Å². The van der Waals surface area contributed by atoms with E-state index >= 15 is 0 Å². The summed E-state index contributed by atoms with van der Waals surface area (Å²) in [5.74, 6) is 0.645. The molecule has 0 saturated heterocycles. The van der Waals surface area contributed by atoms with Gasteiger partial charge in [-0.05, 0) is 36.5 Å². The molecule has 0 atom stereocenters. The standard InChI is InChI=1S/C12H17Cl/c1-4-10-6-9(3)7-11(5-2)12(10)8-13/h6-7H,4-5,8H2,1-3H3. The molecule has 0 heterocycles. The summed E-state index contributed by atoms with van der Waals surface area (Å²) in [5, 5.41) is 0. The van der Waals surface area contributed by atoms with E-state index in [9.17, 15) is 0 Å². The summed E-state index contributed by atoms with van der Waals surface area (Å²) >= 11 is 5.95. The van der Waals surface area contributed by atoms with E-state index in [2.05, 4.69) is 32.9 Å². The lowest BCUT2D eigenvalue weighted by atomic mass is 9.96. The highest BCUT2D eigenvalue weighted by atomic mass is 35.5. The van der Waals surface area contributed by atoms with E-state index in [0.717, 1.165) is 12.8 Å². The molecule has 13 heavy (non-hydrogen) atoms. The van der Waals surface area contributed by atoms with E-state index < -0.39 is 0 Å². The highest BCUT2D eigenvalue weighted by Gasteiger charge is 2.05. The zero-order chi connectivity index (χ0) is 9.84. The Balaban J connectivity index is 3.25. The van der Waals surface area contributed by atoms with Crippen LogP contribution in [0.5, 0.6) is 0 Å². The molecule has 1 heteroatoms. The second-order valence-electron chi connectivity index (χ2n) is 3.40. The first-order valence-electron chi connectivity index (χ1n) is 4.90. The van der Waals surface area contributed by atoms with Crippen molar-refractivity contribution in [3.05, 3.63) is 34.4 Å². The van der Waals surface area contributed by atoms with Crippen LogP contribution < -0.4 is 0 Å². The Morgan fingerprint density at radius 2 is 1.54 bits per heavy atom. The molecule has 0 bridgehead atoms. The molecule has 0 unspecified atom stereocenters. The van der Waals surface area contributed by atoms with E-state index in [4.69, 9.17) is 11.6 Å². The Morgan fingerprint density at radius 3 is 1.85 bits per heavy atom. The maximum Gasteiger partial charge on any atom is 0.0479 e. The molecule has 0 aliphatic rings. The molecule has 1 aromatic carbocycles. The average molecular weight is 197 g/mol. The Morgan fingerprint density at radius 1 is 1.08 bits per heavy atom. The minimum atomic E-state index is 0.645. The quantitative estimate of drug-likeness (QED) is 0.645. The number of benzene rings is 1. The molecule has 0 spiro atoms. The SMILES string of the molecule is CCc1cc(C)cc(CC)c1CCl. The van der Waals surface area contributed by atoms with Crippen LogP contribution in [0.2, 0.25) is 0 Å². The second kappa shape index (κ2) is 4.66. The molecule has 0 aliphatic carbocycles. The lowest BCUT2D eigenvalue weighted by Crippen LogP contribution is -1.97. The minimum absolute atomic E-state index is 0.645. The molecule has 72 valence electrons. The van der Waals surface area contributed by atoms with Gasteiger partial charge < -0.3 is 0 Å². The molecular weight excluding hydrogens is 180 g/mol. The summed E-state index contributed by atoms with van der Waals surface area (Å²) in [6, 6.07) is 4.49. The smallest absolute Gasteiger partial charge is 0.0479 e. The molecule has 0 nitrogen and oxygen atoms in total. The summed E-state index contributed by atoms with van der Waals surface area (Å²) in [6.45, 7) is 6.52. The van der Waals surface area contributed by atoms with Gasteiger partial charge in [0.05, 0.1) is 0 Å². The van der Waals surface area contributed by atoms with Crippen LogP contribution in [0.4, 0.5) is 0 Å². The third kappa shape index (κ3) is 2.25. The van der Waals surface area contributed by atoms with Crippen LogP contribution in [0.25, 0.3) is 0 Å². The highest BCUT2D eigenvalue weighted by molar-refractivity contribution is 6.17. The fourth-order valence-corrected chi connectivity index (χ4v) is 2.12. The Labute approximate surface area is 85.9 Å². The van der Waals surface area contributed by atoms with Crippen LogP contribution >= 0.6 is 11.6 Å². The normalized spacial score (nSPS) is 10.5. The van der Waals surface area contributed by atoms with Gasteiger partial charge in [0.15, 0.2) is 0 Å². The largest absolute Gasteiger partial charge is 0.122 e. The van der Waals surface area contributed by atoms with Gasteiger partial charge in [-0.25, -0.2) is 0 Å². The maximum atomic E-state index is 5.95. The van der Waals surface area contributed by atoms with Crippen LogP contribution in [0, 0.1) is 6.92 Å². The first-order chi connectivity index (χ1) is 6.22. The van der Waals surface area contributed by atoms with Crippen LogP contribution in [0.1, 0.15) is 36.1 Å². The van der Waals surface area contributed by atoms with Crippen molar-refractivity contribution in [2.45, 2.75) is 39.5 Å². The van der Waals surface area contributed by atoms with E-state index in [-0.39, 0.29) is 0 Å². The summed E-state index contributed by atoms with van der Waals surface area (Å²) < 4.78 is 0. The summed E-state index contributed by atoms with van der Waals surface area (Å²) in [6.07, 6.45) is 2.16. The monoisotopic (exact) mass is 196 g/mol. The van der Waals surface area contributed by atoms with E-state index in [0.29, 0.717) is 5.88 Å². The predicted molar refractivity (Wildman–Crippen MR) is 59.5 cm³/mol. The van der Waals surface area contributed by atoms with Crippen LogP contribution in [-0.2, 0) is 18.7 Å². The van der Waals surface area contributed by atoms with Crippen molar-refractivity contribution in [2.24, 2.45) is 0 Å². The molecule has 0 aliphatic heterocycles. The topological polar surface area (TPSA) is 0 Å². The highest BCUT2D eigenvalue weighted by Crippen LogP contribution is 2.20. The zero-order valence-corrected chi connectivity index (χ0v) is 9.41. The second-order valence-corrected chi connectivity index (χ2v) is 3.67. The van der Waals surface area contributed by atoms with Gasteiger partial charge in [0.2, 0.25) is 0 Å². The lowest BCUT2D eigenvalue weighted by Gasteiger charge is -2.11. The average Bonchev–Trinajstić information content (AvgIpc) is 2.16. The summed E-state index contributed by atoms with van der Waals surface area (Å²) in [5.41, 5.74) is 5.51. The number of alkyl halides is 1. The number of aryl methyl sites for hydroxylation is 3. The number of hydrogen-bond donors (Lipinski definition) is 0. The lowest BCUT2D eigenvalue weighted by molar-refractivity contribution is 1.03. The van der Waals surface area contributed by atoms with Gasteiger partial charge in [-0.15, -0.1) is 11.6 Å². The van der Waals surface area contributed by atoms with E-state index in [1.807, 2.05) is 0 Å². The summed E-state index contributed by atoms with van der Waals surface area (Å²) in [7, 11) is 0. The maximum absolute atomic E-state index is 5.95. The van der Waals surface area contributed by atoms with Crippen LogP contribution in [0.15, 0.2) is 12.1 Å². The van der Waals surface area contributed by atoms with Crippen molar-refractivity contribution in [1.82, 2.24) is 0 Å². The van der Waals surface area contributed by atoms with Crippen LogP contribution in [0.3, 0.4) is 0 Å². The van der Waals surface area contributed by atoms with E-state index in [1.54, 1.807) is 0 Å². The van der Waals surface area contributed by atoms with Crippen LogP contribution in [-0.4, -0.2) is 0 Å². The first-order valence-corrected chi connectivity index (χ1v) is 5.43. The van der Waals surface area contributed by atoms with Gasteiger partial charge in [-0.3, -0.25) is 0 Å². The fraction of sp³-hybridized carbons (Fsp3) is 0.500.